The summed E-state index contributed by atoms with van der Waals surface area (Å²) in [6, 6.07) is 4.17. The van der Waals surface area contributed by atoms with Crippen LogP contribution in [0.3, 0.4) is 0 Å². The smallest absolute Gasteiger partial charge is 0.315 e. The van der Waals surface area contributed by atoms with E-state index in [-0.39, 0.29) is 30.5 Å². The van der Waals surface area contributed by atoms with E-state index < -0.39 is 5.82 Å². The number of hydrogen-bond donors (Lipinski definition) is 2. The molecule has 2 amide bonds. The van der Waals surface area contributed by atoms with Crippen molar-refractivity contribution < 1.29 is 13.9 Å². The summed E-state index contributed by atoms with van der Waals surface area (Å²) in [5, 5.41) is 9.59. The molecule has 24 heavy (non-hydrogen) atoms. The first-order valence-electron chi connectivity index (χ1n) is 7.83. The minimum atomic E-state index is -0.438. The van der Waals surface area contributed by atoms with Crippen LogP contribution in [0.25, 0.3) is 0 Å². The Morgan fingerprint density at radius 1 is 1.38 bits per heavy atom. The number of nitrogens with zero attached hydrogens (tertiary/aromatic N) is 2. The molecule has 1 aromatic heterocycles. The molecule has 0 aliphatic heterocycles. The highest BCUT2D eigenvalue weighted by Gasteiger charge is 2.11. The van der Waals surface area contributed by atoms with Crippen molar-refractivity contribution >= 4 is 6.03 Å². The molecule has 0 saturated carbocycles. The average Bonchev–Trinajstić information content (AvgIpc) is 2.94. The summed E-state index contributed by atoms with van der Waals surface area (Å²) in [7, 11) is 1.82. The predicted octanol–water partition coefficient (Wildman–Crippen LogP) is 2.91. The predicted molar refractivity (Wildman–Crippen MR) is 89.2 cm³/mol. The maximum atomic E-state index is 13.9. The van der Waals surface area contributed by atoms with E-state index in [0.717, 1.165) is 5.56 Å². The summed E-state index contributed by atoms with van der Waals surface area (Å²) in [5.41, 5.74) is 1.57. The van der Waals surface area contributed by atoms with Crippen molar-refractivity contribution in [2.45, 2.75) is 39.5 Å². The lowest BCUT2D eigenvalue weighted by atomic mass is 10.2. The van der Waals surface area contributed by atoms with Crippen molar-refractivity contribution in [3.8, 4) is 5.75 Å². The zero-order chi connectivity index (χ0) is 17.7. The number of halogens is 1. The van der Waals surface area contributed by atoms with E-state index in [1.807, 2.05) is 34.0 Å². The van der Waals surface area contributed by atoms with Crippen molar-refractivity contribution in [1.29, 1.82) is 0 Å². The fourth-order valence-electron chi connectivity index (χ4n) is 2.18. The van der Waals surface area contributed by atoms with Gasteiger partial charge in [0.05, 0.1) is 18.3 Å². The second-order valence-electron chi connectivity index (χ2n) is 5.93. The summed E-state index contributed by atoms with van der Waals surface area (Å²) >= 11 is 0. The summed E-state index contributed by atoms with van der Waals surface area (Å²) in [6.07, 6.45) is 3.45. The summed E-state index contributed by atoms with van der Waals surface area (Å²) in [5.74, 6) is -0.226. The molecule has 1 aromatic carbocycles. The minimum Gasteiger partial charge on any atom is -0.488 e. The Labute approximate surface area is 141 Å². The van der Waals surface area contributed by atoms with Crippen molar-refractivity contribution in [3.05, 3.63) is 47.5 Å². The Balaban J connectivity index is 1.86. The van der Waals surface area contributed by atoms with Gasteiger partial charge in [-0.1, -0.05) is 6.07 Å². The standard InChI is InChI=1S/C17H23FN4O2/c1-11(2)24-16-6-5-13(7-15(16)18)8-19-17(23)21-12(3)14-9-20-22(4)10-14/h5-7,9-12H,8H2,1-4H3,(H2,19,21,23)/t12-/m0/s1. The maximum absolute atomic E-state index is 13.9. The molecule has 0 saturated heterocycles. The van der Waals surface area contributed by atoms with Crippen molar-refractivity contribution in [2.24, 2.45) is 7.05 Å². The first-order valence-corrected chi connectivity index (χ1v) is 7.83. The van der Waals surface area contributed by atoms with Gasteiger partial charge in [0.25, 0.3) is 0 Å². The summed E-state index contributed by atoms with van der Waals surface area (Å²) in [4.78, 5) is 11.9. The van der Waals surface area contributed by atoms with Crippen LogP contribution in [0.5, 0.6) is 5.75 Å². The molecule has 0 aliphatic carbocycles. The zero-order valence-corrected chi connectivity index (χ0v) is 14.3. The van der Waals surface area contributed by atoms with Gasteiger partial charge in [-0.3, -0.25) is 4.68 Å². The molecule has 1 atom stereocenters. The third-order valence-corrected chi connectivity index (χ3v) is 3.38. The van der Waals surface area contributed by atoms with Gasteiger partial charge in [-0.25, -0.2) is 9.18 Å². The molecule has 0 spiro atoms. The molecule has 2 rings (SSSR count). The van der Waals surface area contributed by atoms with Crippen LogP contribution in [0, 0.1) is 5.82 Å². The molecule has 0 aliphatic rings. The lowest BCUT2D eigenvalue weighted by Crippen LogP contribution is -2.36. The van der Waals surface area contributed by atoms with E-state index in [1.165, 1.54) is 6.07 Å². The Morgan fingerprint density at radius 2 is 2.12 bits per heavy atom. The number of benzene rings is 1. The van der Waals surface area contributed by atoms with Crippen LogP contribution >= 0.6 is 0 Å². The fourth-order valence-corrected chi connectivity index (χ4v) is 2.18. The highest BCUT2D eigenvalue weighted by Crippen LogP contribution is 2.19. The molecule has 2 aromatic rings. The number of urea groups is 1. The van der Waals surface area contributed by atoms with E-state index in [4.69, 9.17) is 4.74 Å². The van der Waals surface area contributed by atoms with Gasteiger partial charge >= 0.3 is 6.03 Å². The van der Waals surface area contributed by atoms with Crippen LogP contribution in [0.2, 0.25) is 0 Å². The van der Waals surface area contributed by atoms with Crippen molar-refractivity contribution in [1.82, 2.24) is 20.4 Å². The molecule has 0 unspecified atom stereocenters. The molecule has 7 heteroatoms. The average molecular weight is 334 g/mol. The molecule has 6 nitrogen and oxygen atoms in total. The SMILES string of the molecule is CC(C)Oc1ccc(CNC(=O)N[C@@H](C)c2cnn(C)c2)cc1F. The third kappa shape index (κ3) is 4.97. The van der Waals surface area contributed by atoms with Gasteiger partial charge in [0.2, 0.25) is 0 Å². The molecule has 1 heterocycles. The number of rotatable bonds is 6. The van der Waals surface area contributed by atoms with Gasteiger partial charge in [0.15, 0.2) is 11.6 Å². The van der Waals surface area contributed by atoms with Gasteiger partial charge in [-0.05, 0) is 38.5 Å². The van der Waals surface area contributed by atoms with Gasteiger partial charge in [0.1, 0.15) is 0 Å². The van der Waals surface area contributed by atoms with E-state index in [0.29, 0.717) is 5.56 Å². The summed E-state index contributed by atoms with van der Waals surface area (Å²) < 4.78 is 20.9. The molecule has 0 radical (unpaired) electrons. The normalized spacial score (nSPS) is 12.1. The number of nitrogens with one attached hydrogen (secondary N) is 2. The summed E-state index contributed by atoms with van der Waals surface area (Å²) in [6.45, 7) is 5.77. The molecule has 130 valence electrons. The fraction of sp³-hybridized carbons (Fsp3) is 0.412. The topological polar surface area (TPSA) is 68.2 Å². The number of carbonyl (C=O) groups excluding carboxylic acids is 1. The number of carbonyl (C=O) groups is 1. The van der Waals surface area contributed by atoms with Crippen LogP contribution in [0.4, 0.5) is 9.18 Å². The molecule has 0 bridgehead atoms. The zero-order valence-electron chi connectivity index (χ0n) is 14.3. The van der Waals surface area contributed by atoms with Gasteiger partial charge in [-0.2, -0.15) is 5.10 Å². The Kier molecular flexibility index (Phi) is 5.78. The second kappa shape index (κ2) is 7.81. The third-order valence-electron chi connectivity index (χ3n) is 3.38. The molecule has 0 fully saturated rings. The van der Waals surface area contributed by atoms with E-state index in [2.05, 4.69) is 15.7 Å². The molecule has 2 N–H and O–H groups in total. The lowest BCUT2D eigenvalue weighted by molar-refractivity contribution is 0.231. The first-order chi connectivity index (χ1) is 11.3. The van der Waals surface area contributed by atoms with Gasteiger partial charge < -0.3 is 15.4 Å². The monoisotopic (exact) mass is 334 g/mol. The van der Waals surface area contributed by atoms with E-state index in [1.54, 1.807) is 23.0 Å². The number of aromatic nitrogens is 2. The van der Waals surface area contributed by atoms with Crippen LogP contribution < -0.4 is 15.4 Å². The number of ether oxygens (including phenoxy) is 1. The Bertz CT molecular complexity index is 700. The van der Waals surface area contributed by atoms with E-state index in [9.17, 15) is 9.18 Å². The largest absolute Gasteiger partial charge is 0.488 e. The van der Waals surface area contributed by atoms with Gasteiger partial charge in [0, 0.05) is 25.4 Å². The van der Waals surface area contributed by atoms with Gasteiger partial charge in [-0.15, -0.1) is 0 Å². The lowest BCUT2D eigenvalue weighted by Gasteiger charge is -2.14. The minimum absolute atomic E-state index is 0.0942. The maximum Gasteiger partial charge on any atom is 0.315 e. The van der Waals surface area contributed by atoms with Crippen LogP contribution in [-0.2, 0) is 13.6 Å². The van der Waals surface area contributed by atoms with Crippen LogP contribution in [0.1, 0.15) is 37.9 Å². The van der Waals surface area contributed by atoms with Crippen molar-refractivity contribution in [2.75, 3.05) is 0 Å². The molecular weight excluding hydrogens is 311 g/mol. The quantitative estimate of drug-likeness (QED) is 0.853. The number of hydrogen-bond acceptors (Lipinski definition) is 3. The Hall–Kier alpha value is -2.57. The second-order valence-corrected chi connectivity index (χ2v) is 5.93. The van der Waals surface area contributed by atoms with E-state index >= 15 is 0 Å². The first kappa shape index (κ1) is 17.8. The highest BCUT2D eigenvalue weighted by atomic mass is 19.1. The molecular formula is C17H23FN4O2. The van der Waals surface area contributed by atoms with Crippen LogP contribution in [0.15, 0.2) is 30.6 Å². The Morgan fingerprint density at radius 3 is 2.71 bits per heavy atom. The number of aryl methyl sites for hydroxylation is 1. The highest BCUT2D eigenvalue weighted by molar-refractivity contribution is 5.74. The number of amides is 2. The van der Waals surface area contributed by atoms with Crippen molar-refractivity contribution in [3.63, 3.8) is 0 Å². The van der Waals surface area contributed by atoms with Crippen LogP contribution in [-0.4, -0.2) is 21.9 Å².